The Kier molecular flexibility index (Phi) is 6.75. The number of imidazole rings is 1. The van der Waals surface area contributed by atoms with E-state index in [0.29, 0.717) is 17.0 Å². The van der Waals surface area contributed by atoms with Crippen molar-refractivity contribution < 1.29 is 17.3 Å². The third-order valence-corrected chi connectivity index (χ3v) is 6.90. The van der Waals surface area contributed by atoms with Gasteiger partial charge in [0, 0.05) is 17.3 Å². The molecule has 8 heteroatoms. The molecule has 2 heterocycles. The molecule has 190 valence electrons. The van der Waals surface area contributed by atoms with E-state index < -0.39 is 10.1 Å². The van der Waals surface area contributed by atoms with E-state index in [2.05, 4.69) is 39.9 Å². The Morgan fingerprint density at radius 3 is 2.25 bits per heavy atom. The van der Waals surface area contributed by atoms with Crippen LogP contribution in [0.4, 0.5) is 5.82 Å². The molecule has 4 aromatic rings. The molecule has 0 spiro atoms. The molecule has 4 rings (SSSR count). The van der Waals surface area contributed by atoms with Gasteiger partial charge in [-0.25, -0.2) is 4.98 Å². The lowest BCUT2D eigenvalue weighted by Gasteiger charge is -2.34. The summed E-state index contributed by atoms with van der Waals surface area (Å²) >= 11 is 0. The Morgan fingerprint density at radius 1 is 0.917 bits per heavy atom. The summed E-state index contributed by atoms with van der Waals surface area (Å²) in [7, 11) is -2.55. The van der Waals surface area contributed by atoms with Crippen LogP contribution in [0, 0.1) is 5.41 Å². The van der Waals surface area contributed by atoms with Gasteiger partial charge in [0.05, 0.1) is 7.11 Å². The summed E-state index contributed by atoms with van der Waals surface area (Å²) < 4.78 is 39.0. The van der Waals surface area contributed by atoms with E-state index in [0.717, 1.165) is 17.9 Å². The number of hydrogen-bond acceptors (Lipinski definition) is 6. The van der Waals surface area contributed by atoms with Gasteiger partial charge in [0.2, 0.25) is 0 Å². The monoisotopic (exact) mass is 507 g/mol. The van der Waals surface area contributed by atoms with E-state index in [4.69, 9.17) is 13.9 Å². The second-order valence-electron chi connectivity index (χ2n) is 10.7. The number of fused-ring (bicyclic) bond motifs is 1. The summed E-state index contributed by atoms with van der Waals surface area (Å²) in [4.78, 5) is 4.90. The van der Waals surface area contributed by atoms with Crippen molar-refractivity contribution in [1.29, 1.82) is 0 Å². The fraction of sp³-hybridized carbons (Fsp3) is 0.321. The first kappa shape index (κ1) is 25.6. The highest BCUT2D eigenvalue weighted by Gasteiger charge is 2.29. The summed E-state index contributed by atoms with van der Waals surface area (Å²) in [5.74, 6) is 1.54. The first-order valence-electron chi connectivity index (χ1n) is 11.8. The average Bonchev–Trinajstić information content (AvgIpc) is 3.15. The van der Waals surface area contributed by atoms with Crippen molar-refractivity contribution in [3.05, 3.63) is 72.9 Å². The molecule has 0 saturated heterocycles. The van der Waals surface area contributed by atoms with Crippen molar-refractivity contribution in [2.75, 3.05) is 12.4 Å². The van der Waals surface area contributed by atoms with Crippen LogP contribution in [0.3, 0.4) is 0 Å². The van der Waals surface area contributed by atoms with Gasteiger partial charge in [-0.2, -0.15) is 8.42 Å². The molecule has 0 radical (unpaired) electrons. The maximum Gasteiger partial charge on any atom is 0.339 e. The number of nitrogens with one attached hydrogen (secondary N) is 1. The fourth-order valence-electron chi connectivity index (χ4n) is 4.64. The zero-order chi connectivity index (χ0) is 26.1. The zero-order valence-corrected chi connectivity index (χ0v) is 22.4. The van der Waals surface area contributed by atoms with Crippen LogP contribution in [0.15, 0.2) is 77.8 Å². The smallest absolute Gasteiger partial charge is 0.339 e. The highest BCUT2D eigenvalue weighted by Crippen LogP contribution is 2.39. The van der Waals surface area contributed by atoms with Crippen LogP contribution in [-0.4, -0.2) is 30.5 Å². The van der Waals surface area contributed by atoms with Gasteiger partial charge in [-0.15, -0.1) is 0 Å². The molecule has 36 heavy (non-hydrogen) atoms. The maximum absolute atomic E-state index is 13.1. The number of methoxy groups -OCH3 is 1. The van der Waals surface area contributed by atoms with Crippen LogP contribution in [0.5, 0.6) is 11.5 Å². The first-order valence-corrected chi connectivity index (χ1v) is 13.2. The molecular weight excluding hydrogens is 474 g/mol. The number of pyridine rings is 1. The summed E-state index contributed by atoms with van der Waals surface area (Å²) in [6, 6.07) is 18.9. The number of ether oxygens (including phenoxy) is 1. The van der Waals surface area contributed by atoms with Crippen molar-refractivity contribution in [3.63, 3.8) is 0 Å². The maximum atomic E-state index is 13.1. The van der Waals surface area contributed by atoms with Gasteiger partial charge in [0.1, 0.15) is 27.8 Å². The molecule has 0 saturated carbocycles. The van der Waals surface area contributed by atoms with Gasteiger partial charge in [-0.1, -0.05) is 39.0 Å². The minimum atomic E-state index is -4.08. The number of anilines is 1. The largest absolute Gasteiger partial charge is 0.497 e. The number of aromatic nitrogens is 2. The van der Waals surface area contributed by atoms with Gasteiger partial charge in [0.25, 0.3) is 0 Å². The lowest BCUT2D eigenvalue weighted by atomic mass is 9.82. The van der Waals surface area contributed by atoms with Crippen LogP contribution in [0.1, 0.15) is 41.0 Å². The van der Waals surface area contributed by atoms with Crippen molar-refractivity contribution in [1.82, 2.24) is 9.38 Å². The molecule has 1 N–H and O–H groups in total. The minimum Gasteiger partial charge on any atom is -0.497 e. The number of para-hydroxylation sites is 1. The summed E-state index contributed by atoms with van der Waals surface area (Å²) in [5, 5.41) is 3.68. The van der Waals surface area contributed by atoms with Crippen molar-refractivity contribution in [2.45, 2.75) is 51.5 Å². The second kappa shape index (κ2) is 9.50. The van der Waals surface area contributed by atoms with Crippen molar-refractivity contribution >= 4 is 21.6 Å². The summed E-state index contributed by atoms with van der Waals surface area (Å²) in [6.45, 7) is 10.9. The van der Waals surface area contributed by atoms with Crippen LogP contribution >= 0.6 is 0 Å². The van der Waals surface area contributed by atoms with Crippen molar-refractivity contribution in [2.24, 2.45) is 5.41 Å². The lowest BCUT2D eigenvalue weighted by Crippen LogP contribution is -2.36. The Hall–Kier alpha value is -3.52. The molecule has 0 unspecified atom stereocenters. The van der Waals surface area contributed by atoms with Gasteiger partial charge in [0.15, 0.2) is 5.75 Å². The average molecular weight is 508 g/mol. The van der Waals surface area contributed by atoms with E-state index in [9.17, 15) is 8.42 Å². The number of benzene rings is 2. The van der Waals surface area contributed by atoms with E-state index >= 15 is 0 Å². The Balaban J connectivity index is 1.79. The van der Waals surface area contributed by atoms with Gasteiger partial charge < -0.3 is 14.2 Å². The first-order chi connectivity index (χ1) is 16.9. The highest BCUT2D eigenvalue weighted by molar-refractivity contribution is 7.87. The van der Waals surface area contributed by atoms with Crippen LogP contribution < -0.4 is 14.2 Å². The summed E-state index contributed by atoms with van der Waals surface area (Å²) in [5.41, 5.74) is 1.78. The molecule has 0 fully saturated rings. The molecule has 0 aliphatic heterocycles. The minimum absolute atomic E-state index is 0.0396. The lowest BCUT2D eigenvalue weighted by molar-refractivity contribution is 0.302. The standard InChI is InChI=1S/C28H33N3O4S/c1-27(2,3)19-28(4,5)30-26-25(29-24-13-9-10-18-31(24)26)22-11-7-8-12-23(22)35-36(32,33)21-16-14-20(34-6)15-17-21/h7-18,30H,19H2,1-6H3. The Morgan fingerprint density at radius 2 is 1.58 bits per heavy atom. The van der Waals surface area contributed by atoms with Crippen LogP contribution in [0.2, 0.25) is 0 Å². The van der Waals surface area contributed by atoms with E-state index in [1.165, 1.54) is 19.2 Å². The third kappa shape index (κ3) is 5.65. The molecule has 0 bridgehead atoms. The molecule has 0 aliphatic carbocycles. The molecule has 0 amide bonds. The van der Waals surface area contributed by atoms with E-state index in [-0.39, 0.29) is 21.6 Å². The predicted molar refractivity (Wildman–Crippen MR) is 143 cm³/mol. The molecule has 7 nitrogen and oxygen atoms in total. The predicted octanol–water partition coefficient (Wildman–Crippen LogP) is 6.40. The number of hydrogen-bond donors (Lipinski definition) is 1. The van der Waals surface area contributed by atoms with Gasteiger partial charge in [-0.3, -0.25) is 4.40 Å². The number of nitrogens with zero attached hydrogens (tertiary/aromatic N) is 2. The molecule has 2 aromatic heterocycles. The summed E-state index contributed by atoms with van der Waals surface area (Å²) in [6.07, 6.45) is 2.85. The molecule has 0 aliphatic rings. The topological polar surface area (TPSA) is 81.9 Å². The zero-order valence-electron chi connectivity index (χ0n) is 21.6. The Bertz CT molecular complexity index is 1470. The highest BCUT2D eigenvalue weighted by atomic mass is 32.2. The van der Waals surface area contributed by atoms with Gasteiger partial charge >= 0.3 is 10.1 Å². The Labute approximate surface area is 213 Å². The molecule has 2 aromatic carbocycles. The second-order valence-corrected chi connectivity index (χ2v) is 12.2. The molecule has 0 atom stereocenters. The van der Waals surface area contributed by atoms with Crippen molar-refractivity contribution in [3.8, 4) is 22.8 Å². The molecular formula is C28H33N3O4S. The SMILES string of the molecule is COc1ccc(S(=O)(=O)Oc2ccccc2-c2nc3ccccn3c2NC(C)(C)CC(C)(C)C)cc1. The van der Waals surface area contributed by atoms with E-state index in [1.54, 1.807) is 24.3 Å². The third-order valence-electron chi connectivity index (χ3n) is 5.65. The quantitative estimate of drug-likeness (QED) is 0.278. The number of rotatable bonds is 8. The van der Waals surface area contributed by atoms with Gasteiger partial charge in [-0.05, 0) is 74.2 Å². The van der Waals surface area contributed by atoms with E-state index in [1.807, 2.05) is 40.9 Å². The van der Waals surface area contributed by atoms with Crippen LogP contribution in [0.25, 0.3) is 16.9 Å². The normalized spacial score (nSPS) is 12.5. The van der Waals surface area contributed by atoms with Crippen LogP contribution in [-0.2, 0) is 10.1 Å². The fourth-order valence-corrected chi connectivity index (χ4v) is 5.58.